The highest BCUT2D eigenvalue weighted by atomic mass is 32.2. The van der Waals surface area contributed by atoms with Gasteiger partial charge in [0, 0.05) is 12.1 Å². The van der Waals surface area contributed by atoms with Gasteiger partial charge in [-0.1, -0.05) is 61.1 Å². The SMILES string of the molecule is CC(C)CCNC(=O)CSc1nc(-c2ccccc2)no1. The summed E-state index contributed by atoms with van der Waals surface area (Å²) in [5.74, 6) is 1.40. The fourth-order valence-corrected chi connectivity index (χ4v) is 2.25. The molecule has 112 valence electrons. The predicted molar refractivity (Wildman–Crippen MR) is 82.9 cm³/mol. The molecule has 0 aliphatic carbocycles. The van der Waals surface area contributed by atoms with Gasteiger partial charge in [-0.15, -0.1) is 0 Å². The van der Waals surface area contributed by atoms with Crippen LogP contribution in [0.15, 0.2) is 40.1 Å². The van der Waals surface area contributed by atoms with Gasteiger partial charge in [0.25, 0.3) is 5.22 Å². The van der Waals surface area contributed by atoms with Gasteiger partial charge in [0.05, 0.1) is 5.75 Å². The van der Waals surface area contributed by atoms with Crippen LogP contribution in [-0.2, 0) is 4.79 Å². The minimum Gasteiger partial charge on any atom is -0.355 e. The van der Waals surface area contributed by atoms with Crippen molar-refractivity contribution >= 4 is 17.7 Å². The quantitative estimate of drug-likeness (QED) is 0.796. The molecule has 0 saturated carbocycles. The van der Waals surface area contributed by atoms with E-state index in [9.17, 15) is 4.79 Å². The van der Waals surface area contributed by atoms with Gasteiger partial charge >= 0.3 is 0 Å². The summed E-state index contributed by atoms with van der Waals surface area (Å²) in [6, 6.07) is 9.60. The van der Waals surface area contributed by atoms with E-state index in [1.165, 1.54) is 11.8 Å². The van der Waals surface area contributed by atoms with Gasteiger partial charge < -0.3 is 9.84 Å². The van der Waals surface area contributed by atoms with E-state index in [-0.39, 0.29) is 11.7 Å². The van der Waals surface area contributed by atoms with E-state index in [1.54, 1.807) is 0 Å². The summed E-state index contributed by atoms with van der Waals surface area (Å²) < 4.78 is 5.13. The Kier molecular flexibility index (Phi) is 5.80. The second-order valence-electron chi connectivity index (χ2n) is 5.07. The van der Waals surface area contributed by atoms with Crippen molar-refractivity contribution in [3.8, 4) is 11.4 Å². The van der Waals surface area contributed by atoms with Gasteiger partial charge in [0.2, 0.25) is 11.7 Å². The molecule has 1 aromatic carbocycles. The fraction of sp³-hybridized carbons (Fsp3) is 0.400. The number of rotatable bonds is 7. The number of hydrogen-bond donors (Lipinski definition) is 1. The van der Waals surface area contributed by atoms with Crippen molar-refractivity contribution in [3.05, 3.63) is 30.3 Å². The third kappa shape index (κ3) is 5.23. The minimum atomic E-state index is -0.0138. The molecule has 1 heterocycles. The Labute approximate surface area is 128 Å². The number of hydrogen-bond acceptors (Lipinski definition) is 5. The minimum absolute atomic E-state index is 0.0138. The van der Waals surface area contributed by atoms with Gasteiger partial charge in [-0.05, 0) is 12.3 Å². The Bertz CT molecular complexity index is 569. The molecule has 1 amide bonds. The summed E-state index contributed by atoms with van der Waals surface area (Å²) in [5, 5.41) is 7.19. The Hall–Kier alpha value is -1.82. The van der Waals surface area contributed by atoms with E-state index in [1.807, 2.05) is 30.3 Å². The van der Waals surface area contributed by atoms with Crippen LogP contribution in [0.4, 0.5) is 0 Å². The van der Waals surface area contributed by atoms with Crippen LogP contribution in [0.5, 0.6) is 0 Å². The maximum absolute atomic E-state index is 11.7. The molecule has 0 atom stereocenters. The van der Waals surface area contributed by atoms with Gasteiger partial charge in [-0.3, -0.25) is 4.79 Å². The zero-order valence-corrected chi connectivity index (χ0v) is 13.0. The van der Waals surface area contributed by atoms with E-state index >= 15 is 0 Å². The van der Waals surface area contributed by atoms with Crippen LogP contribution in [0.25, 0.3) is 11.4 Å². The van der Waals surface area contributed by atoms with Gasteiger partial charge in [0.15, 0.2) is 0 Å². The van der Waals surface area contributed by atoms with E-state index in [0.717, 1.165) is 12.0 Å². The van der Waals surface area contributed by atoms with Gasteiger partial charge in [0.1, 0.15) is 0 Å². The second kappa shape index (κ2) is 7.83. The number of aromatic nitrogens is 2. The van der Waals surface area contributed by atoms with Crippen LogP contribution in [0, 0.1) is 5.92 Å². The second-order valence-corrected chi connectivity index (χ2v) is 6.00. The van der Waals surface area contributed by atoms with Crippen molar-refractivity contribution in [2.45, 2.75) is 25.5 Å². The van der Waals surface area contributed by atoms with Crippen molar-refractivity contribution in [2.24, 2.45) is 5.92 Å². The monoisotopic (exact) mass is 305 g/mol. The van der Waals surface area contributed by atoms with E-state index in [4.69, 9.17) is 4.52 Å². The number of nitrogens with zero attached hydrogens (tertiary/aromatic N) is 2. The number of benzene rings is 1. The maximum atomic E-state index is 11.7. The molecular formula is C15H19N3O2S. The molecule has 2 aromatic rings. The van der Waals surface area contributed by atoms with E-state index < -0.39 is 0 Å². The lowest BCUT2D eigenvalue weighted by Crippen LogP contribution is -2.26. The summed E-state index contributed by atoms with van der Waals surface area (Å²) in [4.78, 5) is 15.9. The standard InChI is InChI=1S/C15H19N3O2S/c1-11(2)8-9-16-13(19)10-21-15-17-14(18-20-15)12-6-4-3-5-7-12/h3-7,11H,8-10H2,1-2H3,(H,16,19). The van der Waals surface area contributed by atoms with Crippen LogP contribution < -0.4 is 5.32 Å². The largest absolute Gasteiger partial charge is 0.355 e. The lowest BCUT2D eigenvalue weighted by atomic mass is 10.1. The van der Waals surface area contributed by atoms with E-state index in [0.29, 0.717) is 23.5 Å². The van der Waals surface area contributed by atoms with Crippen LogP contribution in [-0.4, -0.2) is 28.3 Å². The van der Waals surface area contributed by atoms with Crippen molar-refractivity contribution in [1.82, 2.24) is 15.5 Å². The summed E-state index contributed by atoms with van der Waals surface area (Å²) in [6.07, 6.45) is 0.981. The third-order valence-corrected chi connectivity index (χ3v) is 3.63. The van der Waals surface area contributed by atoms with Crippen molar-refractivity contribution in [3.63, 3.8) is 0 Å². The normalized spacial score (nSPS) is 10.8. The zero-order chi connectivity index (χ0) is 15.1. The summed E-state index contributed by atoms with van der Waals surface area (Å²) in [5.41, 5.74) is 0.898. The average molecular weight is 305 g/mol. The fourth-order valence-electron chi connectivity index (χ4n) is 1.65. The van der Waals surface area contributed by atoms with Crippen molar-refractivity contribution < 1.29 is 9.32 Å². The molecule has 2 rings (SSSR count). The molecule has 21 heavy (non-hydrogen) atoms. The highest BCUT2D eigenvalue weighted by molar-refractivity contribution is 7.99. The molecule has 6 heteroatoms. The summed E-state index contributed by atoms with van der Waals surface area (Å²) in [7, 11) is 0. The molecule has 1 N–H and O–H groups in total. The van der Waals surface area contributed by atoms with Crippen LogP contribution in [0.3, 0.4) is 0 Å². The molecule has 0 spiro atoms. The number of amides is 1. The molecule has 0 aliphatic heterocycles. The molecule has 0 bridgehead atoms. The van der Waals surface area contributed by atoms with Crippen LogP contribution in [0.2, 0.25) is 0 Å². The molecule has 0 unspecified atom stereocenters. The Balaban J connectivity index is 1.79. The van der Waals surface area contributed by atoms with Crippen LogP contribution in [0.1, 0.15) is 20.3 Å². The maximum Gasteiger partial charge on any atom is 0.286 e. The van der Waals surface area contributed by atoms with Gasteiger partial charge in [-0.25, -0.2) is 0 Å². The molecule has 0 radical (unpaired) electrons. The highest BCUT2D eigenvalue weighted by Crippen LogP contribution is 2.20. The molecule has 0 saturated heterocycles. The Morgan fingerprint density at radius 1 is 1.33 bits per heavy atom. The number of nitrogens with one attached hydrogen (secondary N) is 1. The number of carbonyl (C=O) groups is 1. The first kappa shape index (κ1) is 15.6. The predicted octanol–water partition coefficient (Wildman–Crippen LogP) is 2.99. The van der Waals surface area contributed by atoms with Crippen LogP contribution >= 0.6 is 11.8 Å². The lowest BCUT2D eigenvalue weighted by Gasteiger charge is -2.05. The Morgan fingerprint density at radius 2 is 2.10 bits per heavy atom. The smallest absolute Gasteiger partial charge is 0.286 e. The summed E-state index contributed by atoms with van der Waals surface area (Å²) in [6.45, 7) is 4.96. The third-order valence-electron chi connectivity index (χ3n) is 2.81. The summed E-state index contributed by atoms with van der Waals surface area (Å²) >= 11 is 1.25. The van der Waals surface area contributed by atoms with E-state index in [2.05, 4.69) is 29.3 Å². The molecule has 0 fully saturated rings. The molecular weight excluding hydrogens is 286 g/mol. The van der Waals surface area contributed by atoms with Gasteiger partial charge in [-0.2, -0.15) is 4.98 Å². The van der Waals surface area contributed by atoms with Crippen molar-refractivity contribution in [2.75, 3.05) is 12.3 Å². The Morgan fingerprint density at radius 3 is 2.81 bits per heavy atom. The zero-order valence-electron chi connectivity index (χ0n) is 12.2. The lowest BCUT2D eigenvalue weighted by molar-refractivity contribution is -0.118. The van der Waals surface area contributed by atoms with Crippen molar-refractivity contribution in [1.29, 1.82) is 0 Å². The molecule has 5 nitrogen and oxygen atoms in total. The molecule has 1 aromatic heterocycles. The first-order valence-corrected chi connectivity index (χ1v) is 7.92. The number of carbonyl (C=O) groups excluding carboxylic acids is 1. The first-order valence-electron chi connectivity index (χ1n) is 6.94. The highest BCUT2D eigenvalue weighted by Gasteiger charge is 2.10. The molecule has 0 aliphatic rings. The number of thioether (sulfide) groups is 1. The first-order chi connectivity index (χ1) is 10.1. The topological polar surface area (TPSA) is 68.0 Å². The average Bonchev–Trinajstić information content (AvgIpc) is 2.94.